The van der Waals surface area contributed by atoms with Gasteiger partial charge in [0.05, 0.1) is 5.25 Å². The normalized spacial score (nSPS) is 17.8. The number of hydrogen-bond donors (Lipinski definition) is 1. The molecule has 0 aromatic heterocycles. The highest BCUT2D eigenvalue weighted by molar-refractivity contribution is 8.05. The summed E-state index contributed by atoms with van der Waals surface area (Å²) in [6.45, 7) is 1.94. The van der Waals surface area contributed by atoms with Crippen molar-refractivity contribution in [3.8, 4) is 6.07 Å². The number of likely N-dealkylation sites (N-methyl/N-ethyl adjacent to an activating group) is 1. The standard InChI is InChI=1S/C21H17Cl2N3O2S/c1-12-3-7-15(8-4-12)26-20(28)18(9-13-5-6-14(22)10-17(13)23)29-21(26)16(11-24)19(27)25-2/h3-8,10,18H,9H2,1-2H3,(H,25,27)/b21-16-. The molecular weight excluding hydrogens is 429 g/mol. The number of nitriles is 1. The van der Waals surface area contributed by atoms with E-state index in [9.17, 15) is 14.9 Å². The van der Waals surface area contributed by atoms with Gasteiger partial charge in [-0.3, -0.25) is 14.5 Å². The quantitative estimate of drug-likeness (QED) is 0.556. The Morgan fingerprint density at radius 2 is 1.93 bits per heavy atom. The molecule has 1 heterocycles. The number of amides is 2. The summed E-state index contributed by atoms with van der Waals surface area (Å²) < 4.78 is 0. The Labute approximate surface area is 183 Å². The largest absolute Gasteiger partial charge is 0.354 e. The van der Waals surface area contributed by atoms with E-state index < -0.39 is 11.2 Å². The Bertz CT molecular complexity index is 1040. The van der Waals surface area contributed by atoms with Crippen LogP contribution in [0.5, 0.6) is 0 Å². The maximum atomic E-state index is 13.3. The summed E-state index contributed by atoms with van der Waals surface area (Å²) in [4.78, 5) is 27.0. The first kappa shape index (κ1) is 21.3. The van der Waals surface area contributed by atoms with Crippen LogP contribution in [0.15, 0.2) is 53.1 Å². The van der Waals surface area contributed by atoms with E-state index in [2.05, 4.69) is 5.32 Å². The average Bonchev–Trinajstić information content (AvgIpc) is 3.01. The van der Waals surface area contributed by atoms with Gasteiger partial charge in [0, 0.05) is 22.8 Å². The second-order valence-electron chi connectivity index (χ2n) is 6.43. The fourth-order valence-corrected chi connectivity index (χ4v) is 4.71. The lowest BCUT2D eigenvalue weighted by molar-refractivity contribution is -0.117. The predicted molar refractivity (Wildman–Crippen MR) is 117 cm³/mol. The molecule has 29 heavy (non-hydrogen) atoms. The van der Waals surface area contributed by atoms with Gasteiger partial charge in [-0.2, -0.15) is 5.26 Å². The lowest BCUT2D eigenvalue weighted by Crippen LogP contribution is -2.31. The van der Waals surface area contributed by atoms with Gasteiger partial charge in [0.15, 0.2) is 0 Å². The minimum Gasteiger partial charge on any atom is -0.354 e. The first-order chi connectivity index (χ1) is 13.8. The Kier molecular flexibility index (Phi) is 6.53. The number of nitrogens with one attached hydrogen (secondary N) is 1. The van der Waals surface area contributed by atoms with Gasteiger partial charge in [-0.05, 0) is 43.2 Å². The van der Waals surface area contributed by atoms with Crippen molar-refractivity contribution in [2.24, 2.45) is 0 Å². The number of carbonyl (C=O) groups excluding carboxylic acids is 2. The molecule has 0 spiro atoms. The van der Waals surface area contributed by atoms with E-state index in [1.807, 2.05) is 25.1 Å². The van der Waals surface area contributed by atoms with Crippen molar-refractivity contribution in [1.29, 1.82) is 5.26 Å². The summed E-state index contributed by atoms with van der Waals surface area (Å²) in [7, 11) is 1.45. The van der Waals surface area contributed by atoms with Crippen molar-refractivity contribution < 1.29 is 9.59 Å². The molecule has 0 aliphatic carbocycles. The smallest absolute Gasteiger partial charge is 0.264 e. The van der Waals surface area contributed by atoms with Crippen LogP contribution in [0.4, 0.5) is 5.69 Å². The molecule has 1 saturated heterocycles. The van der Waals surface area contributed by atoms with Crippen LogP contribution in [0.2, 0.25) is 10.0 Å². The van der Waals surface area contributed by atoms with Crippen molar-refractivity contribution >= 4 is 52.5 Å². The van der Waals surface area contributed by atoms with Crippen LogP contribution in [0, 0.1) is 18.3 Å². The molecule has 148 valence electrons. The zero-order valence-corrected chi connectivity index (χ0v) is 18.0. The summed E-state index contributed by atoms with van der Waals surface area (Å²) in [6.07, 6.45) is 0.345. The van der Waals surface area contributed by atoms with Crippen molar-refractivity contribution in [1.82, 2.24) is 5.32 Å². The molecule has 0 bridgehead atoms. The number of thioether (sulfide) groups is 1. The third-order valence-electron chi connectivity index (χ3n) is 4.45. The lowest BCUT2D eigenvalue weighted by atomic mass is 10.1. The molecule has 1 aliphatic heterocycles. The minimum atomic E-state index is -0.537. The van der Waals surface area contributed by atoms with Crippen LogP contribution in [0.3, 0.4) is 0 Å². The summed E-state index contributed by atoms with van der Waals surface area (Å²) in [5, 5.41) is 12.8. The van der Waals surface area contributed by atoms with Crippen LogP contribution in [-0.2, 0) is 16.0 Å². The maximum absolute atomic E-state index is 13.3. The van der Waals surface area contributed by atoms with E-state index in [4.69, 9.17) is 23.2 Å². The fraction of sp³-hybridized carbons (Fsp3) is 0.190. The third kappa shape index (κ3) is 4.43. The van der Waals surface area contributed by atoms with E-state index in [0.29, 0.717) is 27.2 Å². The lowest BCUT2D eigenvalue weighted by Gasteiger charge is -2.18. The van der Waals surface area contributed by atoms with Gasteiger partial charge in [0.25, 0.3) is 5.91 Å². The predicted octanol–water partition coefficient (Wildman–Crippen LogP) is 4.47. The van der Waals surface area contributed by atoms with Gasteiger partial charge in [-0.15, -0.1) is 0 Å². The van der Waals surface area contributed by atoms with E-state index >= 15 is 0 Å². The van der Waals surface area contributed by atoms with Crippen LogP contribution in [0.1, 0.15) is 11.1 Å². The number of carbonyl (C=O) groups is 2. The van der Waals surface area contributed by atoms with E-state index in [-0.39, 0.29) is 11.5 Å². The first-order valence-corrected chi connectivity index (χ1v) is 10.4. The zero-order chi connectivity index (χ0) is 21.1. The summed E-state index contributed by atoms with van der Waals surface area (Å²) in [5.74, 6) is -0.749. The average molecular weight is 446 g/mol. The number of anilines is 1. The van der Waals surface area contributed by atoms with Crippen LogP contribution < -0.4 is 10.2 Å². The van der Waals surface area contributed by atoms with E-state index in [1.165, 1.54) is 23.7 Å². The molecule has 0 radical (unpaired) electrons. The minimum absolute atomic E-state index is 0.101. The van der Waals surface area contributed by atoms with Crippen LogP contribution >= 0.6 is 35.0 Å². The summed E-state index contributed by atoms with van der Waals surface area (Å²) in [6, 6.07) is 14.4. The fourth-order valence-electron chi connectivity index (χ4n) is 2.93. The first-order valence-electron chi connectivity index (χ1n) is 8.73. The van der Waals surface area contributed by atoms with E-state index in [1.54, 1.807) is 30.3 Å². The molecule has 2 amide bonds. The number of benzene rings is 2. The highest BCUT2D eigenvalue weighted by Crippen LogP contribution is 2.42. The molecule has 5 nitrogen and oxygen atoms in total. The van der Waals surface area contributed by atoms with E-state index in [0.717, 1.165) is 11.1 Å². The molecule has 1 atom stereocenters. The molecule has 2 aromatic carbocycles. The molecule has 0 saturated carbocycles. The number of aryl methyl sites for hydroxylation is 1. The number of rotatable bonds is 4. The Morgan fingerprint density at radius 1 is 1.24 bits per heavy atom. The molecule has 1 N–H and O–H groups in total. The second kappa shape index (κ2) is 8.91. The maximum Gasteiger partial charge on any atom is 0.264 e. The van der Waals surface area contributed by atoms with Crippen molar-refractivity contribution in [3.63, 3.8) is 0 Å². The highest BCUT2D eigenvalue weighted by Gasteiger charge is 2.40. The van der Waals surface area contributed by atoms with Crippen LogP contribution in [-0.4, -0.2) is 24.1 Å². The molecule has 3 rings (SSSR count). The Balaban J connectivity index is 2.05. The van der Waals surface area contributed by atoms with Crippen molar-refractivity contribution in [2.75, 3.05) is 11.9 Å². The van der Waals surface area contributed by atoms with Gasteiger partial charge in [-0.1, -0.05) is 58.7 Å². The zero-order valence-electron chi connectivity index (χ0n) is 15.7. The molecule has 1 fully saturated rings. The Hall–Kier alpha value is -2.46. The van der Waals surface area contributed by atoms with Gasteiger partial charge in [0.1, 0.15) is 16.7 Å². The van der Waals surface area contributed by atoms with Crippen molar-refractivity contribution in [2.45, 2.75) is 18.6 Å². The topological polar surface area (TPSA) is 73.2 Å². The molecule has 8 heteroatoms. The molecular formula is C21H17Cl2N3O2S. The molecule has 1 aliphatic rings. The van der Waals surface area contributed by atoms with Crippen molar-refractivity contribution in [3.05, 3.63) is 74.2 Å². The SMILES string of the molecule is CNC(=O)/C(C#N)=C1\SC(Cc2ccc(Cl)cc2Cl)C(=O)N1c1ccc(C)cc1. The third-order valence-corrected chi connectivity index (χ3v) is 6.29. The molecule has 2 aromatic rings. The summed E-state index contributed by atoms with van der Waals surface area (Å²) in [5.41, 5.74) is 2.31. The Morgan fingerprint density at radius 3 is 2.52 bits per heavy atom. The molecule has 1 unspecified atom stereocenters. The number of hydrogen-bond acceptors (Lipinski definition) is 4. The van der Waals surface area contributed by atoms with Gasteiger partial charge >= 0.3 is 0 Å². The van der Waals surface area contributed by atoms with Crippen LogP contribution in [0.25, 0.3) is 0 Å². The summed E-state index contributed by atoms with van der Waals surface area (Å²) >= 11 is 13.4. The van der Waals surface area contributed by atoms with Gasteiger partial charge in [0.2, 0.25) is 5.91 Å². The highest BCUT2D eigenvalue weighted by atomic mass is 35.5. The van der Waals surface area contributed by atoms with Gasteiger partial charge in [-0.25, -0.2) is 0 Å². The number of nitrogens with zero attached hydrogens (tertiary/aromatic N) is 2. The number of halogens is 2. The van der Waals surface area contributed by atoms with Gasteiger partial charge < -0.3 is 5.32 Å². The monoisotopic (exact) mass is 445 g/mol. The second-order valence-corrected chi connectivity index (χ2v) is 8.46.